The predicted octanol–water partition coefficient (Wildman–Crippen LogP) is 3.18. The number of rotatable bonds is 4. The van der Waals surface area contributed by atoms with E-state index < -0.39 is 0 Å². The highest BCUT2D eigenvalue weighted by Crippen LogP contribution is 2.26. The van der Waals surface area contributed by atoms with Gasteiger partial charge in [-0.3, -0.25) is 9.59 Å². The van der Waals surface area contributed by atoms with E-state index in [4.69, 9.17) is 4.42 Å². The zero-order valence-electron chi connectivity index (χ0n) is 13.7. The van der Waals surface area contributed by atoms with E-state index in [0.717, 1.165) is 26.7 Å². The van der Waals surface area contributed by atoms with Gasteiger partial charge in [0.2, 0.25) is 11.8 Å². The summed E-state index contributed by atoms with van der Waals surface area (Å²) in [7, 11) is 0. The number of nitrogens with one attached hydrogen (secondary N) is 1. The molecule has 1 aliphatic rings. The lowest BCUT2D eigenvalue weighted by Crippen LogP contribution is -2.27. The zero-order chi connectivity index (χ0) is 17.4. The Morgan fingerprint density at radius 3 is 3.12 bits per heavy atom. The molecule has 1 saturated heterocycles. The molecule has 3 heterocycles. The average molecular weight is 355 g/mol. The number of fused-ring (bicyclic) bond motifs is 1. The number of hydrogen-bond acceptors (Lipinski definition) is 5. The van der Waals surface area contributed by atoms with Crippen LogP contribution in [0.15, 0.2) is 41.0 Å². The van der Waals surface area contributed by atoms with Crippen molar-refractivity contribution in [2.24, 2.45) is 5.92 Å². The van der Waals surface area contributed by atoms with E-state index in [2.05, 4.69) is 10.3 Å². The van der Waals surface area contributed by atoms with Crippen molar-refractivity contribution in [3.05, 3.63) is 47.4 Å². The molecule has 0 aliphatic carbocycles. The predicted molar refractivity (Wildman–Crippen MR) is 95.2 cm³/mol. The molecule has 0 radical (unpaired) electrons. The fraction of sp³-hybridized carbons (Fsp3) is 0.278. The Balaban J connectivity index is 1.42. The molecule has 0 spiro atoms. The number of carbonyl (C=O) groups excluding carboxylic acids is 2. The SMILES string of the molecule is Cc1nc2ccc(NC(=O)[C@H]3CC(=O)N(Cc4ccco4)C3)cc2s1. The van der Waals surface area contributed by atoms with Crippen LogP contribution in [0.4, 0.5) is 5.69 Å². The Morgan fingerprint density at radius 1 is 1.44 bits per heavy atom. The minimum absolute atomic E-state index is 0.0231. The smallest absolute Gasteiger partial charge is 0.229 e. The van der Waals surface area contributed by atoms with Crippen molar-refractivity contribution in [2.45, 2.75) is 19.9 Å². The molecule has 1 N–H and O–H groups in total. The molecule has 0 saturated carbocycles. The summed E-state index contributed by atoms with van der Waals surface area (Å²) in [5.74, 6) is 0.225. The van der Waals surface area contributed by atoms with Crippen molar-refractivity contribution in [1.82, 2.24) is 9.88 Å². The molecule has 2 amide bonds. The lowest BCUT2D eigenvalue weighted by atomic mass is 10.1. The second-order valence-electron chi connectivity index (χ2n) is 6.16. The van der Waals surface area contributed by atoms with Gasteiger partial charge in [0.25, 0.3) is 0 Å². The molecule has 25 heavy (non-hydrogen) atoms. The summed E-state index contributed by atoms with van der Waals surface area (Å²) in [6, 6.07) is 9.29. The third-order valence-corrected chi connectivity index (χ3v) is 5.21. The normalized spacial score (nSPS) is 17.4. The number of carbonyl (C=O) groups is 2. The van der Waals surface area contributed by atoms with Gasteiger partial charge in [-0.05, 0) is 37.3 Å². The number of thiazole rings is 1. The van der Waals surface area contributed by atoms with Crippen LogP contribution in [0.5, 0.6) is 0 Å². The van der Waals surface area contributed by atoms with Gasteiger partial charge >= 0.3 is 0 Å². The lowest BCUT2D eigenvalue weighted by molar-refractivity contribution is -0.128. The number of nitrogens with zero attached hydrogens (tertiary/aromatic N) is 2. The van der Waals surface area contributed by atoms with E-state index in [0.29, 0.717) is 13.1 Å². The van der Waals surface area contributed by atoms with E-state index in [1.807, 2.05) is 31.2 Å². The maximum Gasteiger partial charge on any atom is 0.229 e. The van der Waals surface area contributed by atoms with E-state index in [9.17, 15) is 9.59 Å². The van der Waals surface area contributed by atoms with E-state index >= 15 is 0 Å². The van der Waals surface area contributed by atoms with E-state index in [1.165, 1.54) is 0 Å². The first kappa shape index (κ1) is 15.8. The highest BCUT2D eigenvalue weighted by atomic mass is 32.1. The van der Waals surface area contributed by atoms with Crippen molar-refractivity contribution in [2.75, 3.05) is 11.9 Å². The summed E-state index contributed by atoms with van der Waals surface area (Å²) < 4.78 is 6.32. The summed E-state index contributed by atoms with van der Waals surface area (Å²) in [6.45, 7) is 2.77. The van der Waals surface area contributed by atoms with Crippen molar-refractivity contribution >= 4 is 39.1 Å². The van der Waals surface area contributed by atoms with Crippen LogP contribution in [0.25, 0.3) is 10.2 Å². The maximum atomic E-state index is 12.5. The molecule has 1 aliphatic heterocycles. The number of hydrogen-bond donors (Lipinski definition) is 1. The summed E-state index contributed by atoms with van der Waals surface area (Å²) in [4.78, 5) is 30.7. The monoisotopic (exact) mass is 355 g/mol. The highest BCUT2D eigenvalue weighted by molar-refractivity contribution is 7.18. The second kappa shape index (κ2) is 6.33. The van der Waals surface area contributed by atoms with Crippen LogP contribution in [0, 0.1) is 12.8 Å². The summed E-state index contributed by atoms with van der Waals surface area (Å²) in [5, 5.41) is 3.92. The van der Waals surface area contributed by atoms with Crippen LogP contribution in [0.1, 0.15) is 17.2 Å². The first-order valence-electron chi connectivity index (χ1n) is 8.07. The standard InChI is InChI=1S/C18H17N3O3S/c1-11-19-15-5-4-13(8-16(15)25-11)20-18(23)12-7-17(22)21(9-12)10-14-3-2-6-24-14/h2-6,8,12H,7,9-10H2,1H3,(H,20,23)/t12-/m0/s1. The number of aromatic nitrogens is 1. The highest BCUT2D eigenvalue weighted by Gasteiger charge is 2.34. The quantitative estimate of drug-likeness (QED) is 0.780. The van der Waals surface area contributed by atoms with E-state index in [-0.39, 0.29) is 24.2 Å². The topological polar surface area (TPSA) is 75.4 Å². The third kappa shape index (κ3) is 3.28. The largest absolute Gasteiger partial charge is 0.467 e. The Labute approximate surface area is 148 Å². The summed E-state index contributed by atoms with van der Waals surface area (Å²) >= 11 is 1.59. The van der Waals surface area contributed by atoms with Gasteiger partial charge in [0.15, 0.2) is 0 Å². The molecule has 128 valence electrons. The first-order chi connectivity index (χ1) is 12.1. The Bertz CT molecular complexity index is 932. The van der Waals surface area contributed by atoms with Crippen LogP contribution in [-0.2, 0) is 16.1 Å². The molecule has 7 heteroatoms. The lowest BCUT2D eigenvalue weighted by Gasteiger charge is -2.15. The number of aryl methyl sites for hydroxylation is 1. The van der Waals surface area contributed by atoms with Gasteiger partial charge < -0.3 is 14.6 Å². The van der Waals surface area contributed by atoms with Crippen molar-refractivity contribution < 1.29 is 14.0 Å². The third-order valence-electron chi connectivity index (χ3n) is 4.27. The number of amides is 2. The van der Waals surface area contributed by atoms with Crippen LogP contribution in [0.3, 0.4) is 0 Å². The first-order valence-corrected chi connectivity index (χ1v) is 8.88. The molecule has 1 aromatic carbocycles. The molecule has 0 unspecified atom stereocenters. The molecule has 2 aromatic heterocycles. The molecular weight excluding hydrogens is 338 g/mol. The van der Waals surface area contributed by atoms with Crippen LogP contribution in [-0.4, -0.2) is 28.2 Å². The summed E-state index contributed by atoms with van der Waals surface area (Å²) in [5.41, 5.74) is 1.67. The van der Waals surface area contributed by atoms with Crippen molar-refractivity contribution in [3.63, 3.8) is 0 Å². The molecule has 6 nitrogen and oxygen atoms in total. The molecule has 1 atom stereocenters. The van der Waals surface area contributed by atoms with Gasteiger partial charge in [-0.1, -0.05) is 0 Å². The van der Waals surface area contributed by atoms with Crippen LogP contribution < -0.4 is 5.32 Å². The average Bonchev–Trinajstić information content (AvgIpc) is 3.28. The van der Waals surface area contributed by atoms with Crippen molar-refractivity contribution in [1.29, 1.82) is 0 Å². The van der Waals surface area contributed by atoms with Gasteiger partial charge in [0, 0.05) is 18.7 Å². The maximum absolute atomic E-state index is 12.5. The van der Waals surface area contributed by atoms with Gasteiger partial charge in [-0.25, -0.2) is 4.98 Å². The van der Waals surface area contributed by atoms with Crippen LogP contribution in [0.2, 0.25) is 0 Å². The van der Waals surface area contributed by atoms with Gasteiger partial charge in [0.1, 0.15) is 5.76 Å². The Kier molecular flexibility index (Phi) is 4.01. The van der Waals surface area contributed by atoms with Crippen molar-refractivity contribution in [3.8, 4) is 0 Å². The summed E-state index contributed by atoms with van der Waals surface area (Å²) in [6.07, 6.45) is 1.81. The minimum atomic E-state index is -0.346. The molecule has 0 bridgehead atoms. The number of anilines is 1. The second-order valence-corrected chi connectivity index (χ2v) is 7.39. The molecule has 3 aromatic rings. The molecule has 4 rings (SSSR count). The zero-order valence-corrected chi connectivity index (χ0v) is 14.5. The Morgan fingerprint density at radius 2 is 2.32 bits per heavy atom. The number of furan rings is 1. The Hall–Kier alpha value is -2.67. The van der Waals surface area contributed by atoms with Gasteiger partial charge in [0.05, 0.1) is 34.0 Å². The number of benzene rings is 1. The van der Waals surface area contributed by atoms with Crippen LogP contribution >= 0.6 is 11.3 Å². The number of likely N-dealkylation sites (tertiary alicyclic amines) is 1. The van der Waals surface area contributed by atoms with Gasteiger partial charge in [-0.15, -0.1) is 11.3 Å². The fourth-order valence-corrected chi connectivity index (χ4v) is 3.92. The fourth-order valence-electron chi connectivity index (χ4n) is 3.05. The van der Waals surface area contributed by atoms with E-state index in [1.54, 1.807) is 28.6 Å². The molecular formula is C18H17N3O3S. The molecule has 1 fully saturated rings. The van der Waals surface area contributed by atoms with Gasteiger partial charge in [-0.2, -0.15) is 0 Å². The minimum Gasteiger partial charge on any atom is -0.467 e.